The number of hydrogen-bond donors (Lipinski definition) is 0. The highest BCUT2D eigenvalue weighted by Crippen LogP contribution is 2.33. The van der Waals surface area contributed by atoms with Crippen LogP contribution in [-0.4, -0.2) is 65.4 Å². The van der Waals surface area contributed by atoms with Crippen molar-refractivity contribution in [1.29, 1.82) is 0 Å². The van der Waals surface area contributed by atoms with Crippen LogP contribution in [0.3, 0.4) is 0 Å². The quantitative estimate of drug-likeness (QED) is 0.408. The van der Waals surface area contributed by atoms with Crippen molar-refractivity contribution in [3.05, 3.63) is 71.4 Å². The van der Waals surface area contributed by atoms with E-state index >= 15 is 0 Å². The van der Waals surface area contributed by atoms with Crippen LogP contribution < -0.4 is 4.74 Å². The molecule has 196 valence electrons. The summed E-state index contributed by atoms with van der Waals surface area (Å²) in [7, 11) is 1.57. The number of halogens is 3. The average Bonchev–Trinajstić information content (AvgIpc) is 3.24. The van der Waals surface area contributed by atoms with Gasteiger partial charge in [0.05, 0.1) is 29.5 Å². The van der Waals surface area contributed by atoms with Gasteiger partial charge in [0.1, 0.15) is 17.4 Å². The lowest BCUT2D eigenvalue weighted by Crippen LogP contribution is -2.53. The lowest BCUT2D eigenvalue weighted by atomic mass is 9.94. The van der Waals surface area contributed by atoms with Crippen LogP contribution in [0.5, 0.6) is 5.75 Å². The van der Waals surface area contributed by atoms with Crippen LogP contribution in [0.15, 0.2) is 48.5 Å². The van der Waals surface area contributed by atoms with Crippen molar-refractivity contribution in [2.75, 3.05) is 39.2 Å². The maximum atomic E-state index is 14.9. The number of aromatic nitrogens is 1. The van der Waals surface area contributed by atoms with Gasteiger partial charge in [-0.1, -0.05) is 0 Å². The van der Waals surface area contributed by atoms with Crippen molar-refractivity contribution >= 4 is 23.4 Å². The van der Waals surface area contributed by atoms with Crippen molar-refractivity contribution < 1.29 is 23.1 Å². The van der Waals surface area contributed by atoms with Gasteiger partial charge in [0.15, 0.2) is 0 Å². The molecule has 9 heteroatoms. The number of alkyl halides is 1. The second-order valence-electron chi connectivity index (χ2n) is 9.79. The van der Waals surface area contributed by atoms with Gasteiger partial charge in [-0.15, -0.1) is 11.6 Å². The molecule has 2 aromatic carbocycles. The first kappa shape index (κ1) is 26.7. The Kier molecular flexibility index (Phi) is 7.59. The third-order valence-electron chi connectivity index (χ3n) is 6.78. The third kappa shape index (κ3) is 5.21. The molecule has 0 N–H and O–H groups in total. The van der Waals surface area contributed by atoms with Crippen LogP contribution in [0.2, 0.25) is 0 Å². The van der Waals surface area contributed by atoms with Gasteiger partial charge in [0, 0.05) is 43.8 Å². The first-order chi connectivity index (χ1) is 17.6. The predicted octanol–water partition coefficient (Wildman–Crippen LogP) is 5.29. The average molecular weight is 530 g/mol. The zero-order chi connectivity index (χ0) is 26.9. The molecule has 0 unspecified atom stereocenters. The summed E-state index contributed by atoms with van der Waals surface area (Å²) in [5.41, 5.74) is 1.74. The number of hydrogen-bond acceptors (Lipinski definition) is 3. The second-order valence-corrected chi connectivity index (χ2v) is 10.1. The monoisotopic (exact) mass is 529 g/mol. The van der Waals surface area contributed by atoms with Gasteiger partial charge in [0.2, 0.25) is 5.91 Å². The Labute approximate surface area is 220 Å². The molecule has 0 saturated carbocycles. The third-order valence-corrected chi connectivity index (χ3v) is 7.45. The Morgan fingerprint density at radius 1 is 0.973 bits per heavy atom. The molecule has 1 aromatic heterocycles. The molecule has 0 radical (unpaired) electrons. The van der Waals surface area contributed by atoms with Gasteiger partial charge in [-0.05, 0) is 68.8 Å². The number of carbonyl (C=O) groups is 2. The van der Waals surface area contributed by atoms with E-state index in [0.29, 0.717) is 48.9 Å². The summed E-state index contributed by atoms with van der Waals surface area (Å²) in [6.45, 7) is 6.91. The fourth-order valence-electron chi connectivity index (χ4n) is 4.54. The smallest absolute Gasteiger partial charge is 0.255 e. The minimum absolute atomic E-state index is 0.0366. The molecule has 0 bridgehead atoms. The van der Waals surface area contributed by atoms with Crippen molar-refractivity contribution in [2.24, 2.45) is 5.41 Å². The molecule has 1 aliphatic rings. The Morgan fingerprint density at radius 2 is 1.59 bits per heavy atom. The number of nitrogens with zero attached hydrogens (tertiary/aromatic N) is 3. The molecule has 37 heavy (non-hydrogen) atoms. The molecule has 0 spiro atoms. The minimum atomic E-state index is -0.735. The van der Waals surface area contributed by atoms with E-state index in [0.717, 1.165) is 11.6 Å². The molecular formula is C28H30ClF2N3O3. The first-order valence-corrected chi connectivity index (χ1v) is 12.6. The number of carbonyl (C=O) groups excluding carboxylic acids is 2. The lowest BCUT2D eigenvalue weighted by Gasteiger charge is -2.38. The summed E-state index contributed by atoms with van der Waals surface area (Å²) in [6, 6.07) is 12.3. The zero-order valence-electron chi connectivity index (χ0n) is 21.4. The van der Waals surface area contributed by atoms with Gasteiger partial charge >= 0.3 is 0 Å². The minimum Gasteiger partial charge on any atom is -0.497 e. The number of benzene rings is 2. The molecule has 2 heterocycles. The normalized spacial score (nSPS) is 14.1. The number of piperazine rings is 1. The highest BCUT2D eigenvalue weighted by molar-refractivity contribution is 6.19. The fourth-order valence-corrected chi connectivity index (χ4v) is 4.65. The van der Waals surface area contributed by atoms with Gasteiger partial charge in [-0.25, -0.2) is 8.78 Å². The fraction of sp³-hybridized carbons (Fsp3) is 0.357. The molecular weight excluding hydrogens is 500 g/mol. The van der Waals surface area contributed by atoms with E-state index in [1.54, 1.807) is 60.4 Å². The Morgan fingerprint density at radius 3 is 2.16 bits per heavy atom. The van der Waals surface area contributed by atoms with Crippen LogP contribution in [0.4, 0.5) is 8.78 Å². The van der Waals surface area contributed by atoms with Gasteiger partial charge < -0.3 is 19.1 Å². The summed E-state index contributed by atoms with van der Waals surface area (Å²) < 4.78 is 35.5. The summed E-state index contributed by atoms with van der Waals surface area (Å²) in [5, 5.41) is 0. The second kappa shape index (κ2) is 10.5. The van der Waals surface area contributed by atoms with Crippen LogP contribution in [0.25, 0.3) is 16.9 Å². The Bertz CT molecular complexity index is 1310. The standard InChI is InChI=1S/C28H30ClF2N3O3/c1-18-22(26(35)32-11-13-33(14-12-32)27(36)28(2,3)17-29)16-25(19-5-8-21(37-4)9-6-19)34(18)24-10-7-20(30)15-23(24)31/h5-10,15-16H,11-14,17H2,1-4H3. The SMILES string of the molecule is COc1ccc(-c2cc(C(=O)N3CCN(C(=O)C(C)(C)CCl)CC3)c(C)n2-c2ccc(F)cc2F)cc1. The summed E-state index contributed by atoms with van der Waals surface area (Å²) in [5.74, 6) is -0.791. The van der Waals surface area contributed by atoms with Crippen molar-refractivity contribution in [3.63, 3.8) is 0 Å². The van der Waals surface area contributed by atoms with E-state index in [1.165, 1.54) is 12.1 Å². The topological polar surface area (TPSA) is 54.8 Å². The Hall–Kier alpha value is -3.39. The Balaban J connectivity index is 1.68. The lowest BCUT2D eigenvalue weighted by molar-refractivity contribution is -0.140. The van der Waals surface area contributed by atoms with E-state index in [-0.39, 0.29) is 23.4 Å². The van der Waals surface area contributed by atoms with Crippen LogP contribution in [0, 0.1) is 24.0 Å². The van der Waals surface area contributed by atoms with Gasteiger partial charge in [0.25, 0.3) is 5.91 Å². The molecule has 2 amide bonds. The van der Waals surface area contributed by atoms with E-state index in [9.17, 15) is 18.4 Å². The number of amides is 2. The van der Waals surface area contributed by atoms with E-state index in [2.05, 4.69) is 0 Å². The maximum Gasteiger partial charge on any atom is 0.255 e. The summed E-state index contributed by atoms with van der Waals surface area (Å²) in [4.78, 5) is 29.8. The number of methoxy groups -OCH3 is 1. The highest BCUT2D eigenvalue weighted by Gasteiger charge is 2.34. The molecule has 1 fully saturated rings. The first-order valence-electron chi connectivity index (χ1n) is 12.0. The van der Waals surface area contributed by atoms with Crippen molar-refractivity contribution in [1.82, 2.24) is 14.4 Å². The largest absolute Gasteiger partial charge is 0.497 e. The molecule has 1 aliphatic heterocycles. The zero-order valence-corrected chi connectivity index (χ0v) is 22.1. The van der Waals surface area contributed by atoms with Crippen LogP contribution >= 0.6 is 11.6 Å². The summed E-state index contributed by atoms with van der Waals surface area (Å²) in [6.07, 6.45) is 0. The predicted molar refractivity (Wildman–Crippen MR) is 139 cm³/mol. The van der Waals surface area contributed by atoms with E-state index in [4.69, 9.17) is 16.3 Å². The molecule has 1 saturated heterocycles. The molecule has 0 atom stereocenters. The molecule has 3 aromatic rings. The maximum absolute atomic E-state index is 14.9. The van der Waals surface area contributed by atoms with Gasteiger partial charge in [-0.2, -0.15) is 0 Å². The van der Waals surface area contributed by atoms with Crippen LogP contribution in [0.1, 0.15) is 29.9 Å². The molecule has 0 aliphatic carbocycles. The highest BCUT2D eigenvalue weighted by atomic mass is 35.5. The van der Waals surface area contributed by atoms with Gasteiger partial charge in [-0.3, -0.25) is 9.59 Å². The van der Waals surface area contributed by atoms with E-state index < -0.39 is 17.0 Å². The molecule has 6 nitrogen and oxygen atoms in total. The van der Waals surface area contributed by atoms with E-state index in [1.807, 2.05) is 12.1 Å². The summed E-state index contributed by atoms with van der Waals surface area (Å²) >= 11 is 5.97. The molecule has 4 rings (SSSR count). The van der Waals surface area contributed by atoms with Crippen LogP contribution in [-0.2, 0) is 4.79 Å². The number of ether oxygens (including phenoxy) is 1. The van der Waals surface area contributed by atoms with Crippen molar-refractivity contribution in [3.8, 4) is 22.7 Å². The van der Waals surface area contributed by atoms with Crippen molar-refractivity contribution in [2.45, 2.75) is 20.8 Å². The number of rotatable bonds is 6.